The molecule has 0 unspecified atom stereocenters. The Morgan fingerprint density at radius 1 is 0.315 bits per heavy atom. The lowest BCUT2D eigenvalue weighted by Gasteiger charge is -2.16. The Kier molecular flexibility index (Phi) is 6.82. The molecule has 0 N–H and O–H groups in total. The summed E-state index contributed by atoms with van der Waals surface area (Å²) in [6.45, 7) is 0. The number of rotatable bonds is 4. The fraction of sp³-hybridized carbons (Fsp3) is 0. The summed E-state index contributed by atoms with van der Waals surface area (Å²) in [5, 5.41) is 12.0. The Labute approximate surface area is 311 Å². The second kappa shape index (κ2) is 12.1. The van der Waals surface area contributed by atoms with Gasteiger partial charge in [0, 0.05) is 39.2 Å². The van der Waals surface area contributed by atoms with Crippen molar-refractivity contribution in [3.63, 3.8) is 0 Å². The van der Waals surface area contributed by atoms with Gasteiger partial charge in [-0.05, 0) is 67.4 Å². The molecule has 0 saturated carbocycles. The van der Waals surface area contributed by atoms with Gasteiger partial charge < -0.3 is 0 Å². The van der Waals surface area contributed by atoms with Crippen LogP contribution in [0.5, 0.6) is 0 Å². The summed E-state index contributed by atoms with van der Waals surface area (Å²) in [7, 11) is 0. The molecular weight excluding hydrogens is 657 g/mol. The summed E-state index contributed by atoms with van der Waals surface area (Å²) in [5.41, 5.74) is 8.57. The predicted molar refractivity (Wildman–Crippen MR) is 224 cm³/mol. The minimum absolute atomic E-state index is 0.690. The molecule has 0 amide bonds. The standard InChI is InChI=1S/C50H30N4/c1-2-11-35(12-3-1)50-53-45(32-22-20-31(21-23-32)44-27-26-34-25-24-33-13-10-28-51-48(33)49(34)52-44)30-46(54-50)42-29-43-38-16-5-4-14-36(38)37-15-6-8-18-40(37)47(43)41-19-9-7-17-39(41)42/h1-30H. The maximum Gasteiger partial charge on any atom is 0.160 e. The highest BCUT2D eigenvalue weighted by atomic mass is 14.9. The summed E-state index contributed by atoms with van der Waals surface area (Å²) in [5.74, 6) is 0.690. The van der Waals surface area contributed by atoms with E-state index in [1.54, 1.807) is 0 Å². The first-order chi connectivity index (χ1) is 26.8. The number of fused-ring (bicyclic) bond motifs is 11. The zero-order valence-corrected chi connectivity index (χ0v) is 29.1. The maximum absolute atomic E-state index is 5.29. The number of hydrogen-bond donors (Lipinski definition) is 0. The lowest BCUT2D eigenvalue weighted by Crippen LogP contribution is -1.97. The van der Waals surface area contributed by atoms with Crippen LogP contribution in [0.2, 0.25) is 0 Å². The molecule has 3 aromatic heterocycles. The zero-order valence-electron chi connectivity index (χ0n) is 29.1. The minimum Gasteiger partial charge on any atom is -0.254 e. The number of benzene rings is 8. The van der Waals surface area contributed by atoms with Crippen LogP contribution in [0.15, 0.2) is 182 Å². The Morgan fingerprint density at radius 3 is 1.61 bits per heavy atom. The van der Waals surface area contributed by atoms with Gasteiger partial charge in [0.15, 0.2) is 5.82 Å². The SMILES string of the molecule is c1ccc(-c2nc(-c3ccc(-c4ccc5ccc6cccnc6c5n4)cc3)cc(-c3cc4c5ccccc5c5ccccc5c4c4ccccc34)n2)cc1. The molecule has 4 nitrogen and oxygen atoms in total. The van der Waals surface area contributed by atoms with Crippen LogP contribution in [-0.2, 0) is 0 Å². The molecule has 0 fully saturated rings. The average molecular weight is 687 g/mol. The molecule has 0 radical (unpaired) electrons. The summed E-state index contributed by atoms with van der Waals surface area (Å²) in [6.07, 6.45) is 1.83. The van der Waals surface area contributed by atoms with Crippen LogP contribution in [0.3, 0.4) is 0 Å². The van der Waals surface area contributed by atoms with E-state index in [4.69, 9.17) is 15.0 Å². The smallest absolute Gasteiger partial charge is 0.160 e. The van der Waals surface area contributed by atoms with Gasteiger partial charge in [0.25, 0.3) is 0 Å². The Hall–Kier alpha value is -7.30. The average Bonchev–Trinajstić information content (AvgIpc) is 3.26. The first-order valence-corrected chi connectivity index (χ1v) is 18.2. The molecule has 0 spiro atoms. The van der Waals surface area contributed by atoms with Gasteiger partial charge in [-0.15, -0.1) is 0 Å². The monoisotopic (exact) mass is 686 g/mol. The highest BCUT2D eigenvalue weighted by Gasteiger charge is 2.18. The molecule has 3 heterocycles. The summed E-state index contributed by atoms with van der Waals surface area (Å²) in [6, 6.07) is 62.0. The summed E-state index contributed by atoms with van der Waals surface area (Å²) in [4.78, 5) is 20.2. The molecule has 0 aliphatic heterocycles. The molecule has 0 atom stereocenters. The van der Waals surface area contributed by atoms with Crippen molar-refractivity contribution in [2.75, 3.05) is 0 Å². The molecule has 11 aromatic rings. The maximum atomic E-state index is 5.29. The molecule has 8 aromatic carbocycles. The molecule has 0 aliphatic carbocycles. The van der Waals surface area contributed by atoms with Gasteiger partial charge in [-0.2, -0.15) is 0 Å². The third kappa shape index (κ3) is 4.85. The second-order valence-corrected chi connectivity index (χ2v) is 13.8. The first-order valence-electron chi connectivity index (χ1n) is 18.2. The number of hydrogen-bond acceptors (Lipinski definition) is 4. The quantitative estimate of drug-likeness (QED) is 0.173. The van der Waals surface area contributed by atoms with Gasteiger partial charge in [0.05, 0.1) is 28.1 Å². The molecule has 0 bridgehead atoms. The van der Waals surface area contributed by atoms with E-state index in [-0.39, 0.29) is 0 Å². The van der Waals surface area contributed by atoms with E-state index in [0.717, 1.165) is 66.5 Å². The van der Waals surface area contributed by atoms with Crippen LogP contribution in [-0.4, -0.2) is 19.9 Å². The number of nitrogens with zero attached hydrogens (tertiary/aromatic N) is 4. The Morgan fingerprint density at radius 2 is 0.870 bits per heavy atom. The Balaban J connectivity index is 1.11. The normalized spacial score (nSPS) is 11.7. The molecule has 250 valence electrons. The van der Waals surface area contributed by atoms with E-state index in [2.05, 4.69) is 157 Å². The molecule has 11 rings (SSSR count). The van der Waals surface area contributed by atoms with Crippen molar-refractivity contribution in [1.82, 2.24) is 19.9 Å². The number of pyridine rings is 2. The van der Waals surface area contributed by atoms with Crippen molar-refractivity contribution < 1.29 is 0 Å². The van der Waals surface area contributed by atoms with Crippen LogP contribution in [0.4, 0.5) is 0 Å². The van der Waals surface area contributed by atoms with Gasteiger partial charge in [-0.25, -0.2) is 15.0 Å². The molecule has 54 heavy (non-hydrogen) atoms. The predicted octanol–water partition coefficient (Wildman–Crippen LogP) is 12.9. The highest BCUT2D eigenvalue weighted by molar-refractivity contribution is 6.33. The van der Waals surface area contributed by atoms with Crippen molar-refractivity contribution in [2.24, 2.45) is 0 Å². The van der Waals surface area contributed by atoms with Gasteiger partial charge in [-0.1, -0.05) is 152 Å². The second-order valence-electron chi connectivity index (χ2n) is 13.8. The van der Waals surface area contributed by atoms with Crippen LogP contribution >= 0.6 is 0 Å². The van der Waals surface area contributed by atoms with Crippen LogP contribution in [0.25, 0.3) is 110 Å². The van der Waals surface area contributed by atoms with E-state index in [9.17, 15) is 0 Å². The van der Waals surface area contributed by atoms with Crippen molar-refractivity contribution in [3.05, 3.63) is 182 Å². The van der Waals surface area contributed by atoms with Crippen molar-refractivity contribution in [3.8, 4) is 45.2 Å². The minimum atomic E-state index is 0.690. The van der Waals surface area contributed by atoms with Gasteiger partial charge >= 0.3 is 0 Å². The summed E-state index contributed by atoms with van der Waals surface area (Å²) >= 11 is 0. The fourth-order valence-corrected chi connectivity index (χ4v) is 8.12. The highest BCUT2D eigenvalue weighted by Crippen LogP contribution is 2.43. The van der Waals surface area contributed by atoms with Crippen molar-refractivity contribution >= 4 is 64.9 Å². The van der Waals surface area contributed by atoms with Crippen LogP contribution in [0, 0.1) is 0 Å². The van der Waals surface area contributed by atoms with Crippen LogP contribution < -0.4 is 0 Å². The van der Waals surface area contributed by atoms with Gasteiger partial charge in [0.2, 0.25) is 0 Å². The molecular formula is C50H30N4. The zero-order chi connectivity index (χ0) is 35.6. The first kappa shape index (κ1) is 30.3. The van der Waals surface area contributed by atoms with Gasteiger partial charge in [-0.3, -0.25) is 4.98 Å². The van der Waals surface area contributed by atoms with Crippen molar-refractivity contribution in [2.45, 2.75) is 0 Å². The van der Waals surface area contributed by atoms with Gasteiger partial charge in [0.1, 0.15) is 0 Å². The van der Waals surface area contributed by atoms with Crippen molar-refractivity contribution in [1.29, 1.82) is 0 Å². The van der Waals surface area contributed by atoms with E-state index < -0.39 is 0 Å². The third-order valence-electron chi connectivity index (χ3n) is 10.7. The Bertz CT molecular complexity index is 3260. The lowest BCUT2D eigenvalue weighted by atomic mass is 9.88. The summed E-state index contributed by atoms with van der Waals surface area (Å²) < 4.78 is 0. The topological polar surface area (TPSA) is 51.6 Å². The lowest BCUT2D eigenvalue weighted by molar-refractivity contribution is 1.19. The molecule has 0 aliphatic rings. The van der Waals surface area contributed by atoms with E-state index in [1.165, 1.54) is 37.7 Å². The van der Waals surface area contributed by atoms with Crippen LogP contribution in [0.1, 0.15) is 0 Å². The van der Waals surface area contributed by atoms with E-state index in [1.807, 2.05) is 30.5 Å². The van der Waals surface area contributed by atoms with E-state index in [0.29, 0.717) is 5.82 Å². The molecule has 4 heteroatoms. The number of aromatic nitrogens is 4. The fourth-order valence-electron chi connectivity index (χ4n) is 8.12. The largest absolute Gasteiger partial charge is 0.254 e. The molecule has 0 saturated heterocycles. The third-order valence-corrected chi connectivity index (χ3v) is 10.7. The van der Waals surface area contributed by atoms with E-state index >= 15 is 0 Å².